The molecule has 7 heteroatoms. The van der Waals surface area contributed by atoms with Crippen LogP contribution < -0.4 is 5.32 Å². The number of halogens is 1. The van der Waals surface area contributed by atoms with E-state index in [1.807, 2.05) is 24.3 Å². The van der Waals surface area contributed by atoms with Gasteiger partial charge in [-0.3, -0.25) is 9.69 Å². The minimum absolute atomic E-state index is 0.0835. The summed E-state index contributed by atoms with van der Waals surface area (Å²) in [7, 11) is 0. The Morgan fingerprint density at radius 3 is 2.69 bits per heavy atom. The van der Waals surface area contributed by atoms with E-state index in [1.54, 1.807) is 4.90 Å². The molecular formula is C19H26ClN3O3. The third-order valence-electron chi connectivity index (χ3n) is 5.32. The summed E-state index contributed by atoms with van der Waals surface area (Å²) in [6.45, 7) is 3.41. The van der Waals surface area contributed by atoms with E-state index >= 15 is 0 Å². The molecule has 2 heterocycles. The summed E-state index contributed by atoms with van der Waals surface area (Å²) in [5.41, 5.74) is 1.10. The van der Waals surface area contributed by atoms with Crippen molar-refractivity contribution in [2.75, 3.05) is 32.7 Å². The van der Waals surface area contributed by atoms with Crippen molar-refractivity contribution >= 4 is 23.6 Å². The number of urea groups is 1. The van der Waals surface area contributed by atoms with Gasteiger partial charge in [0.15, 0.2) is 0 Å². The van der Waals surface area contributed by atoms with E-state index in [2.05, 4.69) is 10.2 Å². The smallest absolute Gasteiger partial charge is 0.317 e. The van der Waals surface area contributed by atoms with Gasteiger partial charge in [0.2, 0.25) is 0 Å². The number of hydrogen-bond acceptors (Lipinski definition) is 3. The van der Waals surface area contributed by atoms with Crippen LogP contribution in [0.5, 0.6) is 0 Å². The number of likely N-dealkylation sites (tertiary alicyclic amines) is 2. The molecule has 0 aliphatic carbocycles. The maximum atomic E-state index is 12.6. The molecule has 2 aliphatic heterocycles. The second kappa shape index (κ2) is 8.73. The van der Waals surface area contributed by atoms with E-state index in [0.29, 0.717) is 24.5 Å². The molecule has 2 atom stereocenters. The van der Waals surface area contributed by atoms with Crippen molar-refractivity contribution in [1.82, 2.24) is 15.1 Å². The Morgan fingerprint density at radius 2 is 2.00 bits per heavy atom. The lowest BCUT2D eigenvalue weighted by Gasteiger charge is -2.33. The monoisotopic (exact) mass is 379 g/mol. The van der Waals surface area contributed by atoms with Crippen LogP contribution in [-0.4, -0.2) is 59.6 Å². The second-order valence-corrected chi connectivity index (χ2v) is 7.56. The fourth-order valence-corrected chi connectivity index (χ4v) is 4.08. The summed E-state index contributed by atoms with van der Waals surface area (Å²) in [5, 5.41) is 12.9. The minimum Gasteiger partial charge on any atom is -0.481 e. The van der Waals surface area contributed by atoms with Crippen molar-refractivity contribution in [3.8, 4) is 0 Å². The highest BCUT2D eigenvalue weighted by Gasteiger charge is 2.29. The van der Waals surface area contributed by atoms with Crippen LogP contribution in [0.2, 0.25) is 5.02 Å². The summed E-state index contributed by atoms with van der Waals surface area (Å²) < 4.78 is 0. The Balaban J connectivity index is 1.63. The van der Waals surface area contributed by atoms with Crippen molar-refractivity contribution in [2.45, 2.75) is 31.7 Å². The number of carboxylic acid groups (broad SMARTS) is 1. The van der Waals surface area contributed by atoms with Gasteiger partial charge in [-0.2, -0.15) is 0 Å². The van der Waals surface area contributed by atoms with Crippen molar-refractivity contribution in [3.05, 3.63) is 34.9 Å². The van der Waals surface area contributed by atoms with Crippen molar-refractivity contribution in [1.29, 1.82) is 0 Å². The van der Waals surface area contributed by atoms with Crippen LogP contribution in [0.3, 0.4) is 0 Å². The van der Waals surface area contributed by atoms with Gasteiger partial charge in [-0.05, 0) is 56.5 Å². The van der Waals surface area contributed by atoms with E-state index in [-0.39, 0.29) is 18.6 Å². The number of hydrogen-bond donors (Lipinski definition) is 2. The number of rotatable bonds is 5. The number of benzene rings is 1. The summed E-state index contributed by atoms with van der Waals surface area (Å²) in [4.78, 5) is 27.8. The topological polar surface area (TPSA) is 72.9 Å². The van der Waals surface area contributed by atoms with E-state index < -0.39 is 11.9 Å². The minimum atomic E-state index is -0.823. The van der Waals surface area contributed by atoms with Gasteiger partial charge in [0.05, 0.1) is 12.0 Å². The number of piperidine rings is 1. The lowest BCUT2D eigenvalue weighted by molar-refractivity contribution is -0.143. The highest BCUT2D eigenvalue weighted by atomic mass is 35.5. The average molecular weight is 380 g/mol. The Bertz CT molecular complexity index is 649. The lowest BCUT2D eigenvalue weighted by Crippen LogP contribution is -2.48. The van der Waals surface area contributed by atoms with Gasteiger partial charge in [-0.1, -0.05) is 23.7 Å². The molecule has 0 spiro atoms. The number of carbonyl (C=O) groups excluding carboxylic acids is 1. The summed E-state index contributed by atoms with van der Waals surface area (Å²) in [5.74, 6) is -1.28. The van der Waals surface area contributed by atoms with E-state index in [1.165, 1.54) is 0 Å². The van der Waals surface area contributed by atoms with Gasteiger partial charge < -0.3 is 15.3 Å². The van der Waals surface area contributed by atoms with Gasteiger partial charge in [-0.15, -0.1) is 0 Å². The first-order valence-electron chi connectivity index (χ1n) is 9.29. The first kappa shape index (κ1) is 19.0. The Kier molecular flexibility index (Phi) is 6.38. The molecule has 1 aromatic carbocycles. The fraction of sp³-hybridized carbons (Fsp3) is 0.579. The third-order valence-corrected chi connectivity index (χ3v) is 5.55. The third kappa shape index (κ3) is 4.68. The molecule has 2 fully saturated rings. The molecule has 2 amide bonds. The zero-order chi connectivity index (χ0) is 18.5. The molecule has 2 saturated heterocycles. The number of amides is 2. The number of carboxylic acids is 1. The molecule has 0 aromatic heterocycles. The molecule has 0 bridgehead atoms. The van der Waals surface area contributed by atoms with Crippen LogP contribution in [0, 0.1) is 5.92 Å². The van der Waals surface area contributed by atoms with E-state index in [4.69, 9.17) is 11.6 Å². The lowest BCUT2D eigenvalue weighted by atomic mass is 9.99. The second-order valence-electron chi connectivity index (χ2n) is 7.12. The zero-order valence-corrected chi connectivity index (χ0v) is 15.6. The van der Waals surface area contributed by atoms with Crippen LogP contribution in [0.15, 0.2) is 24.3 Å². The molecule has 2 unspecified atom stereocenters. The molecule has 26 heavy (non-hydrogen) atoms. The highest BCUT2D eigenvalue weighted by Crippen LogP contribution is 2.26. The predicted octanol–water partition coefficient (Wildman–Crippen LogP) is 2.98. The van der Waals surface area contributed by atoms with Crippen molar-refractivity contribution in [2.24, 2.45) is 5.92 Å². The van der Waals surface area contributed by atoms with E-state index in [9.17, 15) is 14.7 Å². The molecule has 142 valence electrons. The first-order chi connectivity index (χ1) is 12.5. The molecule has 2 aliphatic rings. The van der Waals surface area contributed by atoms with Crippen LogP contribution >= 0.6 is 11.6 Å². The molecule has 1 aromatic rings. The van der Waals surface area contributed by atoms with Crippen LogP contribution in [-0.2, 0) is 4.79 Å². The summed E-state index contributed by atoms with van der Waals surface area (Å²) in [6.07, 6.45) is 3.70. The van der Waals surface area contributed by atoms with Crippen molar-refractivity contribution in [3.63, 3.8) is 0 Å². The quantitative estimate of drug-likeness (QED) is 0.824. The maximum absolute atomic E-state index is 12.6. The average Bonchev–Trinajstić information content (AvgIpc) is 3.16. The SMILES string of the molecule is O=C(O)C1CCCN(C(=O)NCC(c2cccc(Cl)c2)N2CCCC2)C1. The molecule has 0 saturated carbocycles. The van der Waals surface area contributed by atoms with Crippen LogP contribution in [0.4, 0.5) is 4.79 Å². The van der Waals surface area contributed by atoms with E-state index in [0.717, 1.165) is 37.9 Å². The molecule has 6 nitrogen and oxygen atoms in total. The zero-order valence-electron chi connectivity index (χ0n) is 14.9. The van der Waals surface area contributed by atoms with Gasteiger partial charge >= 0.3 is 12.0 Å². The number of nitrogens with one attached hydrogen (secondary N) is 1. The van der Waals surface area contributed by atoms with Gasteiger partial charge in [-0.25, -0.2) is 4.79 Å². The summed E-state index contributed by atoms with van der Waals surface area (Å²) >= 11 is 6.16. The number of aliphatic carboxylic acids is 1. The molecular weight excluding hydrogens is 354 g/mol. The van der Waals surface area contributed by atoms with Crippen LogP contribution in [0.1, 0.15) is 37.3 Å². The maximum Gasteiger partial charge on any atom is 0.317 e. The van der Waals surface area contributed by atoms with Gasteiger partial charge in [0, 0.05) is 24.7 Å². The standard InChI is InChI=1S/C19H26ClN3O3/c20-16-7-3-5-14(11-16)17(22-8-1-2-9-22)12-21-19(26)23-10-4-6-15(13-23)18(24)25/h3,5,7,11,15,17H,1-2,4,6,8-10,12-13H2,(H,21,26)(H,24,25). The number of carbonyl (C=O) groups is 2. The number of nitrogens with zero attached hydrogens (tertiary/aromatic N) is 2. The molecule has 0 radical (unpaired) electrons. The van der Waals surface area contributed by atoms with Gasteiger partial charge in [0.25, 0.3) is 0 Å². The Labute approximate surface area is 159 Å². The molecule has 2 N–H and O–H groups in total. The van der Waals surface area contributed by atoms with Gasteiger partial charge in [0.1, 0.15) is 0 Å². The summed E-state index contributed by atoms with van der Waals surface area (Å²) in [6, 6.07) is 7.69. The molecule has 3 rings (SSSR count). The highest BCUT2D eigenvalue weighted by molar-refractivity contribution is 6.30. The Hall–Kier alpha value is -1.79. The largest absolute Gasteiger partial charge is 0.481 e. The fourth-order valence-electron chi connectivity index (χ4n) is 3.88. The predicted molar refractivity (Wildman–Crippen MR) is 100 cm³/mol. The Morgan fingerprint density at radius 1 is 1.23 bits per heavy atom. The van der Waals surface area contributed by atoms with Crippen molar-refractivity contribution < 1.29 is 14.7 Å². The first-order valence-corrected chi connectivity index (χ1v) is 9.67. The van der Waals surface area contributed by atoms with Crippen LogP contribution in [0.25, 0.3) is 0 Å². The normalized spacial score (nSPS) is 22.2.